The van der Waals surface area contributed by atoms with Crippen LogP contribution in [-0.2, 0) is 4.74 Å². The number of rotatable bonds is 5. The second-order valence-corrected chi connectivity index (χ2v) is 2.81. The van der Waals surface area contributed by atoms with Crippen LogP contribution in [0.2, 0.25) is 0 Å². The zero-order valence-electron chi connectivity index (χ0n) is 8.31. The molecule has 0 saturated heterocycles. The maximum absolute atomic E-state index is 12.8. The summed E-state index contributed by atoms with van der Waals surface area (Å²) in [6, 6.07) is 3.46. The van der Waals surface area contributed by atoms with E-state index in [2.05, 4.69) is 0 Å². The van der Waals surface area contributed by atoms with E-state index in [9.17, 15) is 4.39 Å². The van der Waals surface area contributed by atoms with Crippen LogP contribution in [-0.4, -0.2) is 30.6 Å². The fourth-order valence-corrected chi connectivity index (χ4v) is 1.03. The first-order chi connectivity index (χ1) is 7.15. The molecule has 0 amide bonds. The summed E-state index contributed by atoms with van der Waals surface area (Å²) < 4.78 is 22.8. The molecule has 0 radical (unpaired) electrons. The summed E-state index contributed by atoms with van der Waals surface area (Å²) in [4.78, 5) is 0. The van der Waals surface area contributed by atoms with Crippen molar-refractivity contribution < 1.29 is 23.9 Å². The highest BCUT2D eigenvalue weighted by Gasteiger charge is 2.17. The largest absolute Gasteiger partial charge is 0.492 e. The fraction of sp³-hybridized carbons (Fsp3) is 0.333. The fourth-order valence-electron chi connectivity index (χ4n) is 1.03. The Bertz CT molecular complexity index is 319. The first kappa shape index (κ1) is 12.0. The molecule has 4 nitrogen and oxygen atoms in total. The Morgan fingerprint density at radius 3 is 2.73 bits per heavy atom. The van der Waals surface area contributed by atoms with Crippen molar-refractivity contribution in [2.24, 2.45) is 0 Å². The molecule has 0 fully saturated rings. The van der Waals surface area contributed by atoms with Crippen molar-refractivity contribution in [3.8, 4) is 5.75 Å². The molecule has 82 valence electrons. The maximum Gasteiger partial charge on any atom is 0.492 e. The first-order valence-corrected chi connectivity index (χ1v) is 4.51. The Balaban J connectivity index is 2.77. The Morgan fingerprint density at radius 1 is 1.40 bits per heavy atom. The van der Waals surface area contributed by atoms with Crippen LogP contribution in [0.5, 0.6) is 5.75 Å². The third-order valence-corrected chi connectivity index (χ3v) is 1.76. The van der Waals surface area contributed by atoms with E-state index in [1.807, 2.05) is 0 Å². The molecule has 1 aromatic carbocycles. The zero-order valence-corrected chi connectivity index (χ0v) is 8.31. The summed E-state index contributed by atoms with van der Waals surface area (Å²) in [5.41, 5.74) is 0.108. The molecule has 0 aliphatic carbocycles. The quantitative estimate of drug-likeness (QED) is 0.407. The summed E-state index contributed by atoms with van der Waals surface area (Å²) in [5, 5.41) is 17.9. The maximum atomic E-state index is 12.8. The smallest absolute Gasteiger partial charge is 0.468 e. The van der Waals surface area contributed by atoms with Gasteiger partial charge in [0.2, 0.25) is 0 Å². The summed E-state index contributed by atoms with van der Waals surface area (Å²) in [7, 11) is -1.69. The zero-order chi connectivity index (χ0) is 11.3. The average Bonchev–Trinajstić information content (AvgIpc) is 2.18. The van der Waals surface area contributed by atoms with E-state index in [1.54, 1.807) is 6.92 Å². The van der Waals surface area contributed by atoms with Crippen molar-refractivity contribution in [3.63, 3.8) is 0 Å². The normalized spacial score (nSPS) is 10.1. The van der Waals surface area contributed by atoms with Crippen LogP contribution >= 0.6 is 0 Å². The second kappa shape index (κ2) is 5.70. The molecule has 0 spiro atoms. The predicted octanol–water partition coefficient (Wildman–Crippen LogP) is -0.122. The molecule has 0 aliphatic rings. The molecule has 0 bridgehead atoms. The third-order valence-electron chi connectivity index (χ3n) is 1.76. The molecule has 2 N–H and O–H groups in total. The highest BCUT2D eigenvalue weighted by molar-refractivity contribution is 6.59. The molecular formula is C9H12BFO4. The Hall–Kier alpha value is -1.11. The van der Waals surface area contributed by atoms with Crippen molar-refractivity contribution in [3.05, 3.63) is 24.0 Å². The molecule has 0 aliphatic heterocycles. The summed E-state index contributed by atoms with van der Waals surface area (Å²) in [6.45, 7) is 2.20. The minimum atomic E-state index is -1.69. The predicted molar refractivity (Wildman–Crippen MR) is 53.3 cm³/mol. The monoisotopic (exact) mass is 214 g/mol. The van der Waals surface area contributed by atoms with Gasteiger partial charge in [-0.15, -0.1) is 0 Å². The standard InChI is InChI=1S/C9H12BFO4/c1-2-14-6-15-9-5-7(11)3-4-8(9)10(12)13/h3-5,12-13H,2,6H2,1H3. The molecule has 0 unspecified atom stereocenters. The van der Waals surface area contributed by atoms with Crippen molar-refractivity contribution in [2.75, 3.05) is 13.4 Å². The van der Waals surface area contributed by atoms with Crippen molar-refractivity contribution >= 4 is 12.6 Å². The molecule has 1 rings (SSSR count). The van der Waals surface area contributed by atoms with Gasteiger partial charge in [0.15, 0.2) is 6.79 Å². The van der Waals surface area contributed by atoms with E-state index in [-0.39, 0.29) is 18.0 Å². The van der Waals surface area contributed by atoms with Crippen LogP contribution in [0.3, 0.4) is 0 Å². The molecule has 6 heteroatoms. The highest BCUT2D eigenvalue weighted by Crippen LogP contribution is 2.10. The molecule has 0 saturated carbocycles. The van der Waals surface area contributed by atoms with Crippen molar-refractivity contribution in [2.45, 2.75) is 6.92 Å². The van der Waals surface area contributed by atoms with E-state index in [0.717, 1.165) is 12.1 Å². The Labute approximate surface area is 87.4 Å². The molecule has 0 atom stereocenters. The van der Waals surface area contributed by atoms with Crippen LogP contribution in [0.25, 0.3) is 0 Å². The molecule has 15 heavy (non-hydrogen) atoms. The lowest BCUT2D eigenvalue weighted by atomic mass is 9.79. The number of ether oxygens (including phenoxy) is 2. The lowest BCUT2D eigenvalue weighted by Crippen LogP contribution is -2.31. The number of halogens is 1. The molecule has 0 heterocycles. The van der Waals surface area contributed by atoms with Gasteiger partial charge < -0.3 is 19.5 Å². The SMILES string of the molecule is CCOCOc1cc(F)ccc1B(O)O. The number of hydrogen-bond acceptors (Lipinski definition) is 4. The van der Waals surface area contributed by atoms with Gasteiger partial charge in [-0.2, -0.15) is 0 Å². The van der Waals surface area contributed by atoms with E-state index < -0.39 is 12.9 Å². The molecular weight excluding hydrogens is 202 g/mol. The summed E-state index contributed by atoms with van der Waals surface area (Å²) in [5.74, 6) is -0.440. The molecule has 0 aromatic heterocycles. The Kier molecular flexibility index (Phi) is 4.55. The minimum Gasteiger partial charge on any atom is -0.468 e. The topological polar surface area (TPSA) is 58.9 Å². The summed E-state index contributed by atoms with van der Waals surface area (Å²) >= 11 is 0. The van der Waals surface area contributed by atoms with E-state index >= 15 is 0 Å². The highest BCUT2D eigenvalue weighted by atomic mass is 19.1. The van der Waals surface area contributed by atoms with Gasteiger partial charge in [-0.25, -0.2) is 4.39 Å². The Morgan fingerprint density at radius 2 is 2.13 bits per heavy atom. The minimum absolute atomic E-state index is 0.0559. The van der Waals surface area contributed by atoms with E-state index in [0.29, 0.717) is 6.61 Å². The van der Waals surface area contributed by atoms with Gasteiger partial charge in [0.25, 0.3) is 0 Å². The van der Waals surface area contributed by atoms with Crippen LogP contribution < -0.4 is 10.2 Å². The third kappa shape index (κ3) is 3.51. The van der Waals surface area contributed by atoms with Gasteiger partial charge in [-0.05, 0) is 13.0 Å². The van der Waals surface area contributed by atoms with Gasteiger partial charge in [0.05, 0.1) is 0 Å². The van der Waals surface area contributed by atoms with Gasteiger partial charge in [-0.1, -0.05) is 6.07 Å². The lowest BCUT2D eigenvalue weighted by molar-refractivity contribution is 0.0227. The van der Waals surface area contributed by atoms with Crippen molar-refractivity contribution in [1.29, 1.82) is 0 Å². The van der Waals surface area contributed by atoms with E-state index in [1.165, 1.54) is 6.07 Å². The second-order valence-electron chi connectivity index (χ2n) is 2.81. The van der Waals surface area contributed by atoms with Gasteiger partial charge in [-0.3, -0.25) is 0 Å². The van der Waals surface area contributed by atoms with Gasteiger partial charge >= 0.3 is 7.12 Å². The van der Waals surface area contributed by atoms with Crippen LogP contribution in [0.15, 0.2) is 18.2 Å². The summed E-state index contributed by atoms with van der Waals surface area (Å²) in [6.07, 6.45) is 0. The number of hydrogen-bond donors (Lipinski definition) is 2. The van der Waals surface area contributed by atoms with Gasteiger partial charge in [0, 0.05) is 18.1 Å². The number of benzene rings is 1. The lowest BCUT2D eigenvalue weighted by Gasteiger charge is -2.10. The average molecular weight is 214 g/mol. The first-order valence-electron chi connectivity index (χ1n) is 4.51. The van der Waals surface area contributed by atoms with Crippen LogP contribution in [0.4, 0.5) is 4.39 Å². The van der Waals surface area contributed by atoms with Crippen molar-refractivity contribution in [1.82, 2.24) is 0 Å². The van der Waals surface area contributed by atoms with E-state index in [4.69, 9.17) is 19.5 Å². The van der Waals surface area contributed by atoms with Gasteiger partial charge in [0.1, 0.15) is 11.6 Å². The molecule has 1 aromatic rings. The van der Waals surface area contributed by atoms with Crippen LogP contribution in [0, 0.1) is 5.82 Å². The van der Waals surface area contributed by atoms with Crippen LogP contribution in [0.1, 0.15) is 6.92 Å².